The Morgan fingerprint density at radius 3 is 2.47 bits per heavy atom. The second-order valence-corrected chi connectivity index (χ2v) is 10.5. The van der Waals surface area contributed by atoms with Gasteiger partial charge < -0.3 is 10.0 Å². The van der Waals surface area contributed by atoms with Crippen LogP contribution < -0.4 is 0 Å². The van der Waals surface area contributed by atoms with Crippen molar-refractivity contribution in [2.75, 3.05) is 0 Å². The number of fused-ring (bicyclic) bond motifs is 1. The van der Waals surface area contributed by atoms with Gasteiger partial charge in [-0.2, -0.15) is 0 Å². The van der Waals surface area contributed by atoms with Gasteiger partial charge in [0.05, 0.1) is 11.6 Å². The van der Waals surface area contributed by atoms with Crippen LogP contribution in [0.4, 0.5) is 0 Å². The van der Waals surface area contributed by atoms with Crippen molar-refractivity contribution in [3.8, 4) is 0 Å². The standard InChI is InChI=1S/C23H24Cl2N2O2S/c1-13(2)17-18(20(28)29)30-21-26-23(4,22(3)11-9-16(25)10-12-22)19(27(17)21)14-5-7-15(24)8-6-14/h5-11,13,19H,12H2,1-4H3,(H,28,29)/t19-,22?,23-/m0/s1. The topological polar surface area (TPSA) is 52.9 Å². The minimum absolute atomic E-state index is 0.0393. The first kappa shape index (κ1) is 21.5. The number of aliphatic carboxylic acids is 1. The number of amidine groups is 1. The molecule has 0 amide bonds. The van der Waals surface area contributed by atoms with Crippen LogP contribution in [0.25, 0.3) is 0 Å². The third-order valence-corrected chi connectivity index (χ3v) is 8.02. The lowest BCUT2D eigenvalue weighted by atomic mass is 9.63. The van der Waals surface area contributed by atoms with Crippen LogP contribution in [0.15, 0.2) is 63.1 Å². The zero-order valence-electron chi connectivity index (χ0n) is 17.3. The molecule has 0 saturated heterocycles. The van der Waals surface area contributed by atoms with Crippen LogP contribution in [0.2, 0.25) is 5.02 Å². The maximum Gasteiger partial charge on any atom is 0.344 e. The molecular formula is C23H24Cl2N2O2S. The molecule has 7 heteroatoms. The number of rotatable bonds is 4. The number of aliphatic imine (C=N–C) groups is 1. The normalized spacial score (nSPS) is 30.6. The highest BCUT2D eigenvalue weighted by molar-refractivity contribution is 8.18. The first-order chi connectivity index (χ1) is 14.1. The van der Waals surface area contributed by atoms with Gasteiger partial charge in [-0.25, -0.2) is 4.79 Å². The second kappa shape index (κ2) is 7.47. The highest BCUT2D eigenvalue weighted by Crippen LogP contribution is 2.59. The molecule has 1 aromatic rings. The lowest BCUT2D eigenvalue weighted by Crippen LogP contribution is -2.48. The van der Waals surface area contributed by atoms with Crippen LogP contribution in [0.1, 0.15) is 45.7 Å². The number of nitrogens with zero attached hydrogens (tertiary/aromatic N) is 2. The maximum absolute atomic E-state index is 12.0. The molecule has 1 N–H and O–H groups in total. The quantitative estimate of drug-likeness (QED) is 0.547. The summed E-state index contributed by atoms with van der Waals surface area (Å²) in [6.45, 7) is 8.41. The minimum Gasteiger partial charge on any atom is -0.477 e. The summed E-state index contributed by atoms with van der Waals surface area (Å²) in [4.78, 5) is 19.7. The van der Waals surface area contributed by atoms with Crippen LogP contribution in [0.3, 0.4) is 0 Å². The highest BCUT2D eigenvalue weighted by Gasteiger charge is 2.59. The van der Waals surface area contributed by atoms with Crippen molar-refractivity contribution in [1.29, 1.82) is 0 Å². The predicted octanol–water partition coefficient (Wildman–Crippen LogP) is 6.60. The van der Waals surface area contributed by atoms with Gasteiger partial charge in [-0.3, -0.25) is 4.99 Å². The molecule has 1 aromatic carbocycles. The van der Waals surface area contributed by atoms with E-state index in [0.717, 1.165) is 27.9 Å². The van der Waals surface area contributed by atoms with E-state index in [1.807, 2.05) is 50.3 Å². The van der Waals surface area contributed by atoms with Crippen LogP contribution in [0.5, 0.6) is 0 Å². The number of carbonyl (C=O) groups is 1. The van der Waals surface area contributed by atoms with Gasteiger partial charge in [-0.1, -0.05) is 68.3 Å². The van der Waals surface area contributed by atoms with Crippen molar-refractivity contribution in [2.45, 2.75) is 45.7 Å². The first-order valence-electron chi connectivity index (χ1n) is 9.92. The molecule has 3 aliphatic rings. The molecule has 2 heterocycles. The molecule has 2 aliphatic heterocycles. The molecule has 158 valence electrons. The van der Waals surface area contributed by atoms with Crippen LogP contribution in [-0.2, 0) is 4.79 Å². The van der Waals surface area contributed by atoms with Gasteiger partial charge in [0.15, 0.2) is 5.17 Å². The van der Waals surface area contributed by atoms with Gasteiger partial charge >= 0.3 is 5.97 Å². The highest BCUT2D eigenvalue weighted by atomic mass is 35.5. The van der Waals surface area contributed by atoms with Crippen LogP contribution in [-0.4, -0.2) is 26.7 Å². The van der Waals surface area contributed by atoms with E-state index in [1.165, 1.54) is 11.8 Å². The SMILES string of the molecule is CC(C)C1=C(C(=O)O)SC2=N[C@](C)(C3(C)C=CC(Cl)=CC3)[C@H](c3ccc(Cl)cc3)N21. The van der Waals surface area contributed by atoms with Gasteiger partial charge in [-0.15, -0.1) is 0 Å². The zero-order valence-corrected chi connectivity index (χ0v) is 19.6. The van der Waals surface area contributed by atoms with Gasteiger partial charge in [0, 0.05) is 21.2 Å². The smallest absolute Gasteiger partial charge is 0.344 e. The average molecular weight is 463 g/mol. The molecule has 4 rings (SSSR count). The lowest BCUT2D eigenvalue weighted by molar-refractivity contribution is -0.131. The van der Waals surface area contributed by atoms with E-state index < -0.39 is 11.5 Å². The summed E-state index contributed by atoms with van der Waals surface area (Å²) in [6, 6.07) is 7.63. The number of carboxylic acid groups (broad SMARTS) is 1. The molecule has 0 fully saturated rings. The number of allylic oxidation sites excluding steroid dienone is 4. The molecule has 3 atom stereocenters. The van der Waals surface area contributed by atoms with E-state index in [9.17, 15) is 9.90 Å². The fraction of sp³-hybridized carbons (Fsp3) is 0.391. The number of thioether (sulfide) groups is 1. The van der Waals surface area contributed by atoms with E-state index in [4.69, 9.17) is 28.2 Å². The monoisotopic (exact) mass is 462 g/mol. The molecule has 0 spiro atoms. The lowest BCUT2D eigenvalue weighted by Gasteiger charge is -2.47. The zero-order chi connectivity index (χ0) is 21.8. The minimum atomic E-state index is -0.907. The van der Waals surface area contributed by atoms with E-state index in [2.05, 4.69) is 24.8 Å². The van der Waals surface area contributed by atoms with Crippen LogP contribution >= 0.6 is 35.0 Å². The molecule has 0 saturated carbocycles. The number of carboxylic acids is 1. The number of benzene rings is 1. The van der Waals surface area contributed by atoms with Crippen molar-refractivity contribution in [3.05, 3.63) is 68.7 Å². The summed E-state index contributed by atoms with van der Waals surface area (Å²) in [5.41, 5.74) is 1.05. The largest absolute Gasteiger partial charge is 0.477 e. The van der Waals surface area contributed by atoms with Gasteiger partial charge in [-0.05, 0) is 54.8 Å². The summed E-state index contributed by atoms with van der Waals surface area (Å²) in [7, 11) is 0. The van der Waals surface area contributed by atoms with Crippen molar-refractivity contribution in [3.63, 3.8) is 0 Å². The van der Waals surface area contributed by atoms with Crippen molar-refractivity contribution >= 4 is 46.1 Å². The Labute approximate surface area is 191 Å². The Bertz CT molecular complexity index is 1030. The molecule has 4 nitrogen and oxygen atoms in total. The average Bonchev–Trinajstić information content (AvgIpc) is 3.18. The van der Waals surface area contributed by atoms with Crippen molar-refractivity contribution in [1.82, 2.24) is 4.90 Å². The summed E-state index contributed by atoms with van der Waals surface area (Å²) >= 11 is 13.6. The second-order valence-electron chi connectivity index (χ2n) is 8.69. The third kappa shape index (κ3) is 3.22. The molecule has 1 unspecified atom stereocenters. The number of hydrogen-bond donors (Lipinski definition) is 1. The molecule has 30 heavy (non-hydrogen) atoms. The van der Waals surface area contributed by atoms with Crippen molar-refractivity contribution in [2.24, 2.45) is 16.3 Å². The fourth-order valence-electron chi connectivity index (χ4n) is 4.58. The molecule has 1 aliphatic carbocycles. The Balaban J connectivity index is 1.90. The molecule has 0 bridgehead atoms. The molecule has 0 radical (unpaired) electrons. The van der Waals surface area contributed by atoms with Crippen LogP contribution in [0, 0.1) is 11.3 Å². The molecular weight excluding hydrogens is 439 g/mol. The number of halogens is 2. The molecule has 0 aromatic heterocycles. The van der Waals surface area contributed by atoms with Gasteiger partial charge in [0.1, 0.15) is 4.91 Å². The van der Waals surface area contributed by atoms with E-state index >= 15 is 0 Å². The summed E-state index contributed by atoms with van der Waals surface area (Å²) in [6.07, 6.45) is 6.87. The Hall–Kier alpha value is -1.69. The third-order valence-electron chi connectivity index (χ3n) is 6.42. The Morgan fingerprint density at radius 1 is 1.27 bits per heavy atom. The summed E-state index contributed by atoms with van der Waals surface area (Å²) in [5, 5.41) is 12.0. The summed E-state index contributed by atoms with van der Waals surface area (Å²) < 4.78 is 0. The predicted molar refractivity (Wildman–Crippen MR) is 125 cm³/mol. The van der Waals surface area contributed by atoms with E-state index in [-0.39, 0.29) is 17.4 Å². The van der Waals surface area contributed by atoms with E-state index in [0.29, 0.717) is 9.93 Å². The van der Waals surface area contributed by atoms with Crippen molar-refractivity contribution < 1.29 is 9.90 Å². The first-order valence-corrected chi connectivity index (χ1v) is 11.5. The Morgan fingerprint density at radius 2 is 1.93 bits per heavy atom. The van der Waals surface area contributed by atoms with Gasteiger partial charge in [0.2, 0.25) is 0 Å². The summed E-state index contributed by atoms with van der Waals surface area (Å²) in [5.74, 6) is -0.867. The fourth-order valence-corrected chi connectivity index (χ4v) is 6.09. The van der Waals surface area contributed by atoms with Gasteiger partial charge in [0.25, 0.3) is 0 Å². The van der Waals surface area contributed by atoms with E-state index in [1.54, 1.807) is 0 Å². The maximum atomic E-state index is 12.0. The Kier molecular flexibility index (Phi) is 5.36. The number of hydrogen-bond acceptors (Lipinski definition) is 4.